The van der Waals surface area contributed by atoms with Crippen molar-refractivity contribution in [1.82, 2.24) is 9.13 Å². The van der Waals surface area contributed by atoms with Gasteiger partial charge in [0.15, 0.2) is 0 Å². The second kappa shape index (κ2) is 6.45. The molecule has 0 aliphatic heterocycles. The van der Waals surface area contributed by atoms with E-state index < -0.39 is 0 Å². The molecule has 0 aliphatic rings. The van der Waals surface area contributed by atoms with Gasteiger partial charge >= 0.3 is 0 Å². The van der Waals surface area contributed by atoms with E-state index in [4.69, 9.17) is 11.6 Å². The number of nitrogens with zero attached hydrogens (tertiary/aromatic N) is 2. The summed E-state index contributed by atoms with van der Waals surface area (Å²) in [6.07, 6.45) is 4.46. The van der Waals surface area contributed by atoms with Crippen LogP contribution in [-0.2, 0) is 12.1 Å². The number of hydrogen-bond donors (Lipinski definition) is 0. The van der Waals surface area contributed by atoms with Crippen LogP contribution in [0.15, 0.2) is 54.9 Å². The molecule has 0 saturated heterocycles. The molecule has 0 saturated carbocycles. The number of benzene rings is 2. The highest BCUT2D eigenvalue weighted by atomic mass is 35.5. The van der Waals surface area contributed by atoms with Gasteiger partial charge in [0.1, 0.15) is 0 Å². The van der Waals surface area contributed by atoms with Gasteiger partial charge in [0, 0.05) is 28.7 Å². The number of hydrogen-bond acceptors (Lipinski definition) is 0. The Balaban J connectivity index is 1.85. The van der Waals surface area contributed by atoms with Crippen LogP contribution in [0.5, 0.6) is 0 Å². The van der Waals surface area contributed by atoms with Crippen molar-refractivity contribution in [2.45, 2.75) is 52.6 Å². The second-order valence-corrected chi connectivity index (χ2v) is 9.17. The predicted octanol–water partition coefficient (Wildman–Crippen LogP) is 7.18. The maximum atomic E-state index is 6.55. The maximum Gasteiger partial charge on any atom is 0.0988 e. The van der Waals surface area contributed by atoms with Crippen LogP contribution in [-0.4, -0.2) is 9.13 Å². The van der Waals surface area contributed by atoms with Gasteiger partial charge in [-0.3, -0.25) is 0 Å². The van der Waals surface area contributed by atoms with Gasteiger partial charge in [-0.25, -0.2) is 0 Å². The molecule has 0 aliphatic carbocycles. The Kier molecular flexibility index (Phi) is 4.35. The topological polar surface area (TPSA) is 9.86 Å². The van der Waals surface area contributed by atoms with Crippen molar-refractivity contribution in [3.8, 4) is 0 Å². The van der Waals surface area contributed by atoms with E-state index in [1.807, 2.05) is 12.1 Å². The molecule has 0 fully saturated rings. The Morgan fingerprint density at radius 1 is 0.926 bits per heavy atom. The van der Waals surface area contributed by atoms with Crippen LogP contribution in [0, 0.1) is 0 Å². The van der Waals surface area contributed by atoms with Crippen LogP contribution in [0.1, 0.15) is 51.7 Å². The molecule has 0 radical (unpaired) electrons. The molecule has 4 rings (SSSR count). The van der Waals surface area contributed by atoms with Crippen molar-refractivity contribution in [2.24, 2.45) is 0 Å². The van der Waals surface area contributed by atoms with E-state index in [2.05, 4.69) is 86.5 Å². The summed E-state index contributed by atoms with van der Waals surface area (Å²) >= 11 is 6.55. The van der Waals surface area contributed by atoms with Crippen molar-refractivity contribution in [2.75, 3.05) is 0 Å². The van der Waals surface area contributed by atoms with Gasteiger partial charge in [-0.05, 0) is 46.7 Å². The van der Waals surface area contributed by atoms with Gasteiger partial charge in [0.25, 0.3) is 0 Å². The molecule has 2 nitrogen and oxygen atoms in total. The summed E-state index contributed by atoms with van der Waals surface area (Å²) in [4.78, 5) is 0. The standard InChI is InChI=1S/C24H27ClN2/c1-16(2)18-14-27(22-11-7-9-20(25)23(18)22)15-26-13-12-17-19(24(3,4)5)8-6-10-21(17)26/h6-14,16H,15H2,1-5H3. The number of fused-ring (bicyclic) bond motifs is 2. The first-order chi connectivity index (χ1) is 12.8. The highest BCUT2D eigenvalue weighted by molar-refractivity contribution is 6.35. The molecule has 0 unspecified atom stereocenters. The number of halogens is 1. The van der Waals surface area contributed by atoms with Crippen LogP contribution >= 0.6 is 11.6 Å². The average molecular weight is 379 g/mol. The molecule has 0 spiro atoms. The highest BCUT2D eigenvalue weighted by Gasteiger charge is 2.19. The summed E-state index contributed by atoms with van der Waals surface area (Å²) in [7, 11) is 0. The Labute approximate surface area is 166 Å². The summed E-state index contributed by atoms with van der Waals surface area (Å²) < 4.78 is 4.65. The average Bonchev–Trinajstić information content (AvgIpc) is 3.17. The first-order valence-electron chi connectivity index (χ1n) is 9.63. The van der Waals surface area contributed by atoms with Crippen LogP contribution in [0.25, 0.3) is 21.8 Å². The van der Waals surface area contributed by atoms with E-state index in [1.165, 1.54) is 32.9 Å². The molecule has 2 aromatic heterocycles. The lowest BCUT2D eigenvalue weighted by Crippen LogP contribution is -2.11. The van der Waals surface area contributed by atoms with E-state index in [9.17, 15) is 0 Å². The molecule has 0 atom stereocenters. The van der Waals surface area contributed by atoms with E-state index in [0.29, 0.717) is 5.92 Å². The zero-order chi connectivity index (χ0) is 19.3. The Bertz CT molecular complexity index is 1120. The molecule has 0 N–H and O–H groups in total. The number of aromatic nitrogens is 2. The van der Waals surface area contributed by atoms with Crippen LogP contribution in [0.4, 0.5) is 0 Å². The highest BCUT2D eigenvalue weighted by Crippen LogP contribution is 2.34. The van der Waals surface area contributed by atoms with Crippen molar-refractivity contribution in [3.05, 3.63) is 71.0 Å². The molecule has 27 heavy (non-hydrogen) atoms. The molecule has 140 valence electrons. The van der Waals surface area contributed by atoms with E-state index in [1.54, 1.807) is 0 Å². The lowest BCUT2D eigenvalue weighted by molar-refractivity contribution is 0.595. The number of rotatable bonds is 3. The molecule has 2 heterocycles. The van der Waals surface area contributed by atoms with E-state index in [0.717, 1.165) is 11.7 Å². The van der Waals surface area contributed by atoms with Gasteiger partial charge in [-0.2, -0.15) is 0 Å². The lowest BCUT2D eigenvalue weighted by Gasteiger charge is -2.20. The van der Waals surface area contributed by atoms with Crippen LogP contribution in [0.3, 0.4) is 0 Å². The van der Waals surface area contributed by atoms with E-state index in [-0.39, 0.29) is 5.41 Å². The molecule has 0 bridgehead atoms. The molecular formula is C24H27ClN2. The fraction of sp³-hybridized carbons (Fsp3) is 0.333. The smallest absolute Gasteiger partial charge is 0.0988 e. The minimum absolute atomic E-state index is 0.129. The Morgan fingerprint density at radius 3 is 2.33 bits per heavy atom. The van der Waals surface area contributed by atoms with Crippen molar-refractivity contribution >= 4 is 33.4 Å². The zero-order valence-corrected chi connectivity index (χ0v) is 17.5. The maximum absolute atomic E-state index is 6.55. The fourth-order valence-electron chi connectivity index (χ4n) is 4.06. The third kappa shape index (κ3) is 3.06. The molecular weight excluding hydrogens is 352 g/mol. The minimum Gasteiger partial charge on any atom is -0.329 e. The Hall–Kier alpha value is -2.19. The Morgan fingerprint density at radius 2 is 1.63 bits per heavy atom. The summed E-state index contributed by atoms with van der Waals surface area (Å²) in [6, 6.07) is 15.1. The van der Waals surface area contributed by atoms with Gasteiger partial charge in [0.2, 0.25) is 0 Å². The predicted molar refractivity (Wildman–Crippen MR) is 117 cm³/mol. The molecule has 4 aromatic rings. The molecule has 3 heteroatoms. The van der Waals surface area contributed by atoms with E-state index >= 15 is 0 Å². The van der Waals surface area contributed by atoms with Crippen molar-refractivity contribution in [1.29, 1.82) is 0 Å². The van der Waals surface area contributed by atoms with Crippen molar-refractivity contribution < 1.29 is 0 Å². The third-order valence-corrected chi connectivity index (χ3v) is 5.75. The van der Waals surface area contributed by atoms with Gasteiger partial charge in [0.05, 0.1) is 17.2 Å². The minimum atomic E-state index is 0.129. The van der Waals surface area contributed by atoms with Gasteiger partial charge < -0.3 is 9.13 Å². The molecule has 0 amide bonds. The van der Waals surface area contributed by atoms with Crippen LogP contribution in [0.2, 0.25) is 5.02 Å². The molecule has 2 aromatic carbocycles. The normalized spacial score (nSPS) is 12.6. The zero-order valence-electron chi connectivity index (χ0n) is 16.8. The fourth-order valence-corrected chi connectivity index (χ4v) is 4.34. The second-order valence-electron chi connectivity index (χ2n) is 8.76. The largest absolute Gasteiger partial charge is 0.329 e. The van der Waals surface area contributed by atoms with Gasteiger partial charge in [-0.1, -0.05) is 64.4 Å². The monoisotopic (exact) mass is 378 g/mol. The lowest BCUT2D eigenvalue weighted by atomic mass is 9.85. The van der Waals surface area contributed by atoms with Crippen LogP contribution < -0.4 is 0 Å². The first-order valence-corrected chi connectivity index (χ1v) is 10.0. The van der Waals surface area contributed by atoms with Crippen molar-refractivity contribution in [3.63, 3.8) is 0 Å². The third-order valence-electron chi connectivity index (χ3n) is 5.43. The summed E-state index contributed by atoms with van der Waals surface area (Å²) in [6.45, 7) is 12.0. The first kappa shape index (κ1) is 18.2. The summed E-state index contributed by atoms with van der Waals surface area (Å²) in [5, 5.41) is 3.35. The SMILES string of the molecule is CC(C)c1cn(Cn2ccc3c(C(C)(C)C)cccc32)c2cccc(Cl)c12. The summed E-state index contributed by atoms with van der Waals surface area (Å²) in [5.41, 5.74) is 5.30. The summed E-state index contributed by atoms with van der Waals surface area (Å²) in [5.74, 6) is 0.433. The quantitative estimate of drug-likeness (QED) is 0.357. The van der Waals surface area contributed by atoms with Gasteiger partial charge in [-0.15, -0.1) is 0 Å².